The average Bonchev–Trinajstić information content (AvgIpc) is 3.13. The average molecular weight is 441 g/mol. The largest absolute Gasteiger partial charge is 1.00 e. The van der Waals surface area contributed by atoms with E-state index in [-0.39, 0.29) is 30.2 Å². The standard InChI is InChI=1S/C11H9.C6H7.C2H6Si.2ClH.Zr/c1-2-6-10(7-3-1)11-8-4-5-9-11;1-6-4-2-3-5-6;1-3-2;;;/h1-9H;2-5H,1H3;1-2H3;2*1H;/q2*-1;;;;+2/p-2. The molecule has 0 aliphatic heterocycles. The van der Waals surface area contributed by atoms with E-state index in [0.717, 1.165) is 0 Å². The Morgan fingerprint density at radius 3 is 1.48 bits per heavy atom. The molecule has 0 aliphatic carbocycles. The Morgan fingerprint density at radius 2 is 1.13 bits per heavy atom. The molecule has 3 rings (SSSR count). The number of rotatable bonds is 1. The molecule has 0 radical (unpaired) electrons. The first-order chi connectivity index (χ1) is 10.1. The number of hydrogen-bond donors (Lipinski definition) is 0. The van der Waals surface area contributed by atoms with Gasteiger partial charge in [-0.3, -0.25) is 0 Å². The van der Waals surface area contributed by atoms with Crippen LogP contribution >= 0.6 is 0 Å². The molecule has 0 spiro atoms. The Bertz CT molecular complexity index is 598. The first-order valence-electron chi connectivity index (χ1n) is 7.07. The van der Waals surface area contributed by atoms with Crippen LogP contribution in [0.4, 0.5) is 0 Å². The smallest absolute Gasteiger partial charge is 0.0771 e. The third kappa shape index (κ3) is 12.7. The summed E-state index contributed by atoms with van der Waals surface area (Å²) in [6.45, 7) is 6.70. The van der Waals surface area contributed by atoms with Crippen LogP contribution in [0.3, 0.4) is 0 Å². The van der Waals surface area contributed by atoms with Crippen molar-refractivity contribution in [3.63, 3.8) is 0 Å². The third-order valence-corrected chi connectivity index (χ3v) is 2.60. The minimum atomic E-state index is 0. The van der Waals surface area contributed by atoms with Crippen LogP contribution in [0.5, 0.6) is 0 Å². The van der Waals surface area contributed by atoms with Crippen molar-refractivity contribution in [1.29, 1.82) is 0 Å². The molecule has 0 aliphatic rings. The summed E-state index contributed by atoms with van der Waals surface area (Å²) in [7, 11) is 0. The summed E-state index contributed by atoms with van der Waals surface area (Å²) in [5.41, 5.74) is 4.14. The Hall–Kier alpha value is -0.400. The molecule has 0 N–H and O–H groups in total. The van der Waals surface area contributed by atoms with Gasteiger partial charge in [-0.2, -0.15) is 29.8 Å². The summed E-state index contributed by atoms with van der Waals surface area (Å²) in [5.74, 6) is 0. The van der Waals surface area contributed by atoms with Crippen LogP contribution in [0, 0.1) is 6.92 Å². The molecule has 0 saturated heterocycles. The number of benzene rings is 1. The fourth-order valence-corrected chi connectivity index (χ4v) is 1.67. The van der Waals surface area contributed by atoms with Crippen molar-refractivity contribution in [3.8, 4) is 11.1 Å². The molecular formula is C19H22Cl2SiZr-2. The van der Waals surface area contributed by atoms with E-state index in [4.69, 9.17) is 0 Å². The van der Waals surface area contributed by atoms with Crippen molar-refractivity contribution in [3.05, 3.63) is 84.4 Å². The Kier molecular flexibility index (Phi) is 16.4. The second-order valence-corrected chi connectivity index (χ2v) is 14.4. The van der Waals surface area contributed by atoms with Crippen molar-refractivity contribution >= 4 is 5.43 Å². The zero-order valence-electron chi connectivity index (χ0n) is 13.8. The predicted molar refractivity (Wildman–Crippen MR) is 91.7 cm³/mol. The fourth-order valence-electron chi connectivity index (χ4n) is 1.67. The van der Waals surface area contributed by atoms with E-state index in [0.29, 0.717) is 0 Å². The molecular weight excluding hydrogens is 418 g/mol. The van der Waals surface area contributed by atoms with E-state index in [1.807, 2.05) is 18.2 Å². The van der Waals surface area contributed by atoms with E-state index in [2.05, 4.69) is 80.7 Å². The second kappa shape index (κ2) is 15.1. The molecule has 3 aromatic rings. The molecule has 0 atom stereocenters. The van der Waals surface area contributed by atoms with Gasteiger partial charge in [0.15, 0.2) is 0 Å². The fraction of sp³-hybridized carbons (Fsp3) is 0.158. The van der Waals surface area contributed by atoms with Crippen LogP contribution in [-0.2, 0) is 23.3 Å². The minimum Gasteiger partial charge on any atom is -1.00 e. The number of aryl methyl sites for hydroxylation is 1. The van der Waals surface area contributed by atoms with E-state index >= 15 is 0 Å². The van der Waals surface area contributed by atoms with E-state index < -0.39 is 0 Å². The summed E-state index contributed by atoms with van der Waals surface area (Å²) in [6, 6.07) is 27.0. The maximum atomic E-state index is 2.31. The summed E-state index contributed by atoms with van der Waals surface area (Å²) in [6.07, 6.45) is 0. The molecule has 0 unspecified atom stereocenters. The van der Waals surface area contributed by atoms with Crippen LogP contribution in [0.1, 0.15) is 5.56 Å². The predicted octanol–water partition coefficient (Wildman–Crippen LogP) is -0.421. The zero-order valence-corrected chi connectivity index (χ0v) is 18.7. The van der Waals surface area contributed by atoms with Crippen LogP contribution in [0.15, 0.2) is 78.9 Å². The second-order valence-electron chi connectivity index (χ2n) is 5.00. The van der Waals surface area contributed by atoms with E-state index in [9.17, 15) is 0 Å². The molecule has 23 heavy (non-hydrogen) atoms. The molecule has 0 fully saturated rings. The van der Waals surface area contributed by atoms with Crippen LogP contribution < -0.4 is 24.8 Å². The molecule has 0 bridgehead atoms. The monoisotopic (exact) mass is 438 g/mol. The van der Waals surface area contributed by atoms with Gasteiger partial charge < -0.3 is 24.8 Å². The van der Waals surface area contributed by atoms with Crippen molar-refractivity contribution in [1.82, 2.24) is 0 Å². The molecule has 0 nitrogen and oxygen atoms in total. The van der Waals surface area contributed by atoms with Gasteiger partial charge in [0, 0.05) is 0 Å². The van der Waals surface area contributed by atoms with Gasteiger partial charge in [0.05, 0.1) is 0 Å². The van der Waals surface area contributed by atoms with Gasteiger partial charge in [0.1, 0.15) is 0 Å². The molecule has 0 amide bonds. The van der Waals surface area contributed by atoms with Crippen molar-refractivity contribution in [2.45, 2.75) is 20.0 Å². The Balaban J connectivity index is 0. The van der Waals surface area contributed by atoms with Crippen LogP contribution in [0.25, 0.3) is 11.1 Å². The first-order valence-corrected chi connectivity index (χ1v) is 13.3. The van der Waals surface area contributed by atoms with Gasteiger partial charge in [-0.15, -0.1) is 29.8 Å². The van der Waals surface area contributed by atoms with Crippen molar-refractivity contribution in [2.24, 2.45) is 0 Å². The molecule has 0 saturated carbocycles. The van der Waals surface area contributed by atoms with E-state index in [1.165, 1.54) is 16.7 Å². The van der Waals surface area contributed by atoms with Crippen molar-refractivity contribution in [2.75, 3.05) is 0 Å². The molecule has 122 valence electrons. The van der Waals surface area contributed by atoms with Crippen LogP contribution in [-0.4, -0.2) is 5.43 Å². The normalized spacial score (nSPS) is 8.22. The molecule has 0 heterocycles. The quantitative estimate of drug-likeness (QED) is 0.356. The molecule has 4 heteroatoms. The number of halogens is 2. The zero-order chi connectivity index (χ0) is 15.5. The molecule has 3 aromatic carbocycles. The first kappa shape index (κ1) is 24.8. The minimum absolute atomic E-state index is 0. The third-order valence-electron chi connectivity index (χ3n) is 2.60. The van der Waals surface area contributed by atoms with Crippen molar-refractivity contribution < 1.29 is 48.1 Å². The van der Waals surface area contributed by atoms with E-state index in [1.54, 1.807) is 23.3 Å². The summed E-state index contributed by atoms with van der Waals surface area (Å²) in [4.78, 5) is 0. The van der Waals surface area contributed by atoms with Crippen LogP contribution in [0.2, 0.25) is 13.1 Å². The summed E-state index contributed by atoms with van der Waals surface area (Å²) in [5, 5.41) is 0. The Morgan fingerprint density at radius 1 is 0.739 bits per heavy atom. The van der Waals surface area contributed by atoms with Gasteiger partial charge >= 0.3 is 41.9 Å². The number of hydrogen-bond acceptors (Lipinski definition) is 0. The topological polar surface area (TPSA) is 0 Å². The van der Waals surface area contributed by atoms with Gasteiger partial charge in [-0.05, 0) is 0 Å². The Labute approximate surface area is 168 Å². The summed E-state index contributed by atoms with van der Waals surface area (Å²) < 4.78 is 0. The van der Waals surface area contributed by atoms with Gasteiger partial charge in [-0.25, -0.2) is 12.1 Å². The maximum absolute atomic E-state index is 2.31. The summed E-state index contributed by atoms with van der Waals surface area (Å²) >= 11 is 1.74. The SMILES string of the molecule is C[Si](C)=[Zr+2].C[c-]1cccc1.[Cl-].[Cl-].c1ccc(-[c-]2cccc2)cc1. The maximum Gasteiger partial charge on any atom is -0.0771 e. The van der Waals surface area contributed by atoms with Gasteiger partial charge in [0.2, 0.25) is 0 Å². The molecule has 0 aromatic heterocycles. The van der Waals surface area contributed by atoms with Gasteiger partial charge in [-0.1, -0.05) is 30.7 Å². The van der Waals surface area contributed by atoms with Gasteiger partial charge in [0.25, 0.3) is 0 Å².